The number of likely N-dealkylation sites (N-methyl/N-ethyl adjacent to an activating group) is 1. The van der Waals surface area contributed by atoms with Crippen LogP contribution in [-0.4, -0.2) is 30.0 Å². The molecule has 1 aromatic heterocycles. The fourth-order valence-corrected chi connectivity index (χ4v) is 2.74. The van der Waals surface area contributed by atoms with E-state index in [1.807, 2.05) is 25.1 Å². The minimum atomic E-state index is -0.768. The number of carbonyl (C=O) groups excluding carboxylic acids is 2. The molecule has 0 aliphatic carbocycles. The van der Waals surface area contributed by atoms with Gasteiger partial charge in [0.1, 0.15) is 5.76 Å². The molecule has 0 saturated carbocycles. The van der Waals surface area contributed by atoms with Crippen LogP contribution in [0.4, 0.5) is 11.4 Å². The van der Waals surface area contributed by atoms with Crippen molar-refractivity contribution in [1.29, 1.82) is 0 Å². The van der Waals surface area contributed by atoms with Gasteiger partial charge in [-0.3, -0.25) is 14.9 Å². The predicted molar refractivity (Wildman–Crippen MR) is 106 cm³/mol. The number of hydrogen-bond acceptors (Lipinski definition) is 6. The minimum Gasteiger partial charge on any atom is -0.450 e. The minimum absolute atomic E-state index is 0.0441. The Morgan fingerprint density at radius 3 is 2.34 bits per heavy atom. The van der Waals surface area contributed by atoms with Crippen LogP contribution in [0.2, 0.25) is 0 Å². The Kier molecular flexibility index (Phi) is 6.03. The number of nitro benzene ring substituents is 1. The Hall–Kier alpha value is -3.94. The van der Waals surface area contributed by atoms with E-state index in [9.17, 15) is 19.7 Å². The van der Waals surface area contributed by atoms with Crippen molar-refractivity contribution in [3.8, 4) is 11.3 Å². The topological polar surface area (TPSA) is 103 Å². The molecule has 0 unspecified atom stereocenters. The summed E-state index contributed by atoms with van der Waals surface area (Å²) in [5.41, 5.74) is 1.25. The van der Waals surface area contributed by atoms with Crippen LogP contribution < -0.4 is 4.90 Å². The van der Waals surface area contributed by atoms with Gasteiger partial charge < -0.3 is 14.1 Å². The van der Waals surface area contributed by atoms with Crippen LogP contribution in [0.1, 0.15) is 17.5 Å². The van der Waals surface area contributed by atoms with E-state index in [0.29, 0.717) is 17.9 Å². The summed E-state index contributed by atoms with van der Waals surface area (Å²) >= 11 is 0. The number of nitrogens with zero attached hydrogens (tertiary/aromatic N) is 2. The molecule has 148 valence electrons. The molecule has 29 heavy (non-hydrogen) atoms. The van der Waals surface area contributed by atoms with Crippen molar-refractivity contribution in [3.05, 3.63) is 82.6 Å². The Morgan fingerprint density at radius 2 is 1.72 bits per heavy atom. The number of para-hydroxylation sites is 1. The van der Waals surface area contributed by atoms with Gasteiger partial charge in [0.25, 0.3) is 11.6 Å². The lowest BCUT2D eigenvalue weighted by atomic mass is 10.1. The van der Waals surface area contributed by atoms with Gasteiger partial charge in [0.05, 0.1) is 4.92 Å². The summed E-state index contributed by atoms with van der Waals surface area (Å²) in [5.74, 6) is -0.823. The number of hydrogen-bond donors (Lipinski definition) is 0. The molecule has 1 heterocycles. The van der Waals surface area contributed by atoms with Crippen molar-refractivity contribution in [2.45, 2.75) is 6.92 Å². The number of non-ortho nitro benzene ring substituents is 1. The number of ether oxygens (including phenoxy) is 1. The van der Waals surface area contributed by atoms with E-state index in [4.69, 9.17) is 9.15 Å². The normalized spacial score (nSPS) is 10.4. The fourth-order valence-electron chi connectivity index (χ4n) is 2.74. The SMILES string of the molecule is CCN(C(=O)COC(=O)c1ccc(-c2ccc([N+](=O)[O-])cc2)o1)c1ccccc1. The first-order valence-corrected chi connectivity index (χ1v) is 8.86. The molecule has 0 aliphatic heterocycles. The second-order valence-corrected chi connectivity index (χ2v) is 6.02. The molecule has 2 aromatic carbocycles. The highest BCUT2D eigenvalue weighted by atomic mass is 16.6. The summed E-state index contributed by atoms with van der Waals surface area (Å²) in [6.07, 6.45) is 0. The molecule has 0 fully saturated rings. The maximum atomic E-state index is 12.4. The molecule has 0 atom stereocenters. The Morgan fingerprint density at radius 1 is 1.03 bits per heavy atom. The highest BCUT2D eigenvalue weighted by Crippen LogP contribution is 2.25. The molecule has 8 heteroatoms. The van der Waals surface area contributed by atoms with Crippen molar-refractivity contribution in [2.24, 2.45) is 0 Å². The summed E-state index contributed by atoms with van der Waals surface area (Å²) < 4.78 is 10.5. The van der Waals surface area contributed by atoms with E-state index < -0.39 is 17.5 Å². The van der Waals surface area contributed by atoms with Crippen LogP contribution in [0.3, 0.4) is 0 Å². The molecule has 0 saturated heterocycles. The molecule has 8 nitrogen and oxygen atoms in total. The van der Waals surface area contributed by atoms with Gasteiger partial charge in [-0.25, -0.2) is 4.79 Å². The number of nitro groups is 1. The summed E-state index contributed by atoms with van der Waals surface area (Å²) in [6.45, 7) is 1.84. The zero-order valence-electron chi connectivity index (χ0n) is 15.6. The number of furan rings is 1. The van der Waals surface area contributed by atoms with Gasteiger partial charge in [-0.2, -0.15) is 0 Å². The number of benzene rings is 2. The Balaban J connectivity index is 1.63. The smallest absolute Gasteiger partial charge is 0.374 e. The van der Waals surface area contributed by atoms with E-state index in [2.05, 4.69) is 0 Å². The molecular formula is C21H18N2O6. The summed E-state index contributed by atoms with van der Waals surface area (Å²) in [7, 11) is 0. The van der Waals surface area contributed by atoms with E-state index in [0.717, 1.165) is 5.69 Å². The first-order valence-electron chi connectivity index (χ1n) is 8.86. The molecule has 0 bridgehead atoms. The summed E-state index contributed by atoms with van der Waals surface area (Å²) in [4.78, 5) is 36.3. The van der Waals surface area contributed by atoms with Crippen molar-refractivity contribution >= 4 is 23.3 Å². The van der Waals surface area contributed by atoms with Crippen molar-refractivity contribution in [3.63, 3.8) is 0 Å². The Labute approximate surface area is 166 Å². The molecule has 1 amide bonds. The molecule has 0 radical (unpaired) electrons. The molecule has 0 aliphatic rings. The third-order valence-electron chi connectivity index (χ3n) is 4.18. The quantitative estimate of drug-likeness (QED) is 0.340. The number of amides is 1. The van der Waals surface area contributed by atoms with Gasteiger partial charge >= 0.3 is 5.97 Å². The highest BCUT2D eigenvalue weighted by molar-refractivity contribution is 5.96. The average Bonchev–Trinajstić information content (AvgIpc) is 3.24. The van der Waals surface area contributed by atoms with Gasteiger partial charge in [0, 0.05) is 29.9 Å². The summed E-state index contributed by atoms with van der Waals surface area (Å²) in [5, 5.41) is 10.7. The maximum absolute atomic E-state index is 12.4. The first-order chi connectivity index (χ1) is 14.0. The van der Waals surface area contributed by atoms with Crippen LogP contribution in [-0.2, 0) is 9.53 Å². The zero-order chi connectivity index (χ0) is 20.8. The van der Waals surface area contributed by atoms with Crippen molar-refractivity contribution < 1.29 is 23.7 Å². The van der Waals surface area contributed by atoms with Gasteiger partial charge in [0.2, 0.25) is 5.76 Å². The predicted octanol–water partition coefficient (Wildman–Crippen LogP) is 4.06. The van der Waals surface area contributed by atoms with Crippen LogP contribution in [0.15, 0.2) is 71.1 Å². The van der Waals surface area contributed by atoms with E-state index >= 15 is 0 Å². The molecule has 3 rings (SSSR count). The van der Waals surface area contributed by atoms with Gasteiger partial charge in [0.15, 0.2) is 6.61 Å². The van der Waals surface area contributed by atoms with Crippen molar-refractivity contribution in [2.75, 3.05) is 18.1 Å². The molecular weight excluding hydrogens is 376 g/mol. The van der Waals surface area contributed by atoms with E-state index in [-0.39, 0.29) is 17.4 Å². The van der Waals surface area contributed by atoms with Crippen LogP contribution in [0.5, 0.6) is 0 Å². The Bertz CT molecular complexity index is 1010. The molecule has 3 aromatic rings. The number of carbonyl (C=O) groups is 2. The number of esters is 1. The lowest BCUT2D eigenvalue weighted by molar-refractivity contribution is -0.384. The van der Waals surface area contributed by atoms with Crippen molar-refractivity contribution in [1.82, 2.24) is 0 Å². The zero-order valence-corrected chi connectivity index (χ0v) is 15.6. The largest absolute Gasteiger partial charge is 0.450 e. The van der Waals surface area contributed by atoms with Gasteiger partial charge in [-0.15, -0.1) is 0 Å². The standard InChI is InChI=1S/C21H18N2O6/c1-2-22(16-6-4-3-5-7-16)20(24)14-28-21(25)19-13-12-18(29-19)15-8-10-17(11-9-15)23(26)27/h3-13H,2,14H2,1H3. The lowest BCUT2D eigenvalue weighted by Gasteiger charge is -2.20. The number of anilines is 1. The summed E-state index contributed by atoms with van der Waals surface area (Å²) in [6, 6.07) is 17.8. The van der Waals surface area contributed by atoms with E-state index in [1.165, 1.54) is 35.2 Å². The first kappa shape index (κ1) is 19.8. The highest BCUT2D eigenvalue weighted by Gasteiger charge is 2.19. The van der Waals surface area contributed by atoms with Crippen LogP contribution >= 0.6 is 0 Å². The monoisotopic (exact) mass is 394 g/mol. The molecule has 0 spiro atoms. The van der Waals surface area contributed by atoms with Crippen LogP contribution in [0, 0.1) is 10.1 Å². The molecule has 0 N–H and O–H groups in total. The third-order valence-corrected chi connectivity index (χ3v) is 4.18. The van der Waals surface area contributed by atoms with E-state index in [1.54, 1.807) is 18.2 Å². The fraction of sp³-hybridized carbons (Fsp3) is 0.143. The number of rotatable bonds is 7. The van der Waals surface area contributed by atoms with Gasteiger partial charge in [-0.05, 0) is 43.3 Å². The van der Waals surface area contributed by atoms with Gasteiger partial charge in [-0.1, -0.05) is 18.2 Å². The third kappa shape index (κ3) is 4.67. The lowest BCUT2D eigenvalue weighted by Crippen LogP contribution is -2.34. The average molecular weight is 394 g/mol. The van der Waals surface area contributed by atoms with Crippen LogP contribution in [0.25, 0.3) is 11.3 Å². The maximum Gasteiger partial charge on any atom is 0.374 e. The second kappa shape index (κ2) is 8.83. The second-order valence-electron chi connectivity index (χ2n) is 6.02.